The van der Waals surface area contributed by atoms with Gasteiger partial charge in [0.15, 0.2) is 0 Å². The van der Waals surface area contributed by atoms with Crippen LogP contribution < -0.4 is 5.73 Å². The van der Waals surface area contributed by atoms with Crippen molar-refractivity contribution in [3.63, 3.8) is 0 Å². The molecular weight excluding hydrogens is 152 g/mol. The summed E-state index contributed by atoms with van der Waals surface area (Å²) in [6, 6.07) is -0.0263. The Hall–Kier alpha value is -0.570. The van der Waals surface area contributed by atoms with Crippen LogP contribution in [0.1, 0.15) is 33.1 Å². The summed E-state index contributed by atoms with van der Waals surface area (Å²) in [6.07, 6.45) is 2.65. The molecule has 0 aromatic carbocycles. The van der Waals surface area contributed by atoms with Crippen LogP contribution in [-0.2, 0) is 4.79 Å². The van der Waals surface area contributed by atoms with Crippen molar-refractivity contribution in [2.24, 2.45) is 5.73 Å². The molecule has 3 heteroatoms. The third-order valence-corrected chi connectivity index (χ3v) is 1.77. The molecule has 0 aliphatic carbocycles. The number of amides is 1. The van der Waals surface area contributed by atoms with Crippen LogP contribution in [0.25, 0.3) is 0 Å². The number of rotatable bonds is 5. The van der Waals surface area contributed by atoms with Crippen molar-refractivity contribution in [3.05, 3.63) is 0 Å². The number of nitrogens with two attached hydrogens (primary N) is 1. The Morgan fingerprint density at radius 1 is 1.58 bits per heavy atom. The van der Waals surface area contributed by atoms with Gasteiger partial charge in [0.05, 0.1) is 0 Å². The van der Waals surface area contributed by atoms with E-state index in [2.05, 4.69) is 6.92 Å². The van der Waals surface area contributed by atoms with E-state index in [1.807, 2.05) is 14.0 Å². The first kappa shape index (κ1) is 11.4. The van der Waals surface area contributed by atoms with Gasteiger partial charge in [-0.15, -0.1) is 0 Å². The predicted molar refractivity (Wildman–Crippen MR) is 50.8 cm³/mol. The monoisotopic (exact) mass is 172 g/mol. The molecule has 0 aliphatic heterocycles. The fourth-order valence-electron chi connectivity index (χ4n) is 0.951. The van der Waals surface area contributed by atoms with E-state index in [1.54, 1.807) is 4.90 Å². The molecule has 0 saturated heterocycles. The Kier molecular flexibility index (Phi) is 5.72. The smallest absolute Gasteiger partial charge is 0.223 e. The zero-order valence-corrected chi connectivity index (χ0v) is 8.34. The van der Waals surface area contributed by atoms with Gasteiger partial charge in [0.1, 0.15) is 0 Å². The maximum absolute atomic E-state index is 11.3. The van der Waals surface area contributed by atoms with Gasteiger partial charge in [-0.25, -0.2) is 0 Å². The average Bonchev–Trinajstić information content (AvgIpc) is 1.98. The van der Waals surface area contributed by atoms with Gasteiger partial charge in [-0.1, -0.05) is 13.3 Å². The lowest BCUT2D eigenvalue weighted by molar-refractivity contribution is -0.130. The molecule has 0 aromatic heterocycles. The molecule has 1 atom stereocenters. The molecule has 0 heterocycles. The Morgan fingerprint density at radius 2 is 2.17 bits per heavy atom. The topological polar surface area (TPSA) is 46.3 Å². The molecule has 0 aromatic rings. The van der Waals surface area contributed by atoms with Crippen molar-refractivity contribution in [2.75, 3.05) is 13.6 Å². The van der Waals surface area contributed by atoms with Crippen molar-refractivity contribution in [3.8, 4) is 0 Å². The summed E-state index contributed by atoms with van der Waals surface area (Å²) in [5.41, 5.74) is 5.51. The Bertz CT molecular complexity index is 134. The summed E-state index contributed by atoms with van der Waals surface area (Å²) >= 11 is 0. The molecule has 0 saturated carbocycles. The summed E-state index contributed by atoms with van der Waals surface area (Å²) in [6.45, 7) is 4.82. The number of hydrogen-bond donors (Lipinski definition) is 1. The maximum Gasteiger partial charge on any atom is 0.223 e. The van der Waals surface area contributed by atoms with Crippen LogP contribution in [0.2, 0.25) is 0 Å². The van der Waals surface area contributed by atoms with E-state index in [4.69, 9.17) is 5.73 Å². The van der Waals surface area contributed by atoms with Crippen LogP contribution in [0.4, 0.5) is 0 Å². The molecule has 0 rings (SSSR count). The van der Waals surface area contributed by atoms with Crippen LogP contribution in [0, 0.1) is 0 Å². The van der Waals surface area contributed by atoms with Gasteiger partial charge in [0.25, 0.3) is 0 Å². The van der Waals surface area contributed by atoms with Crippen molar-refractivity contribution in [1.29, 1.82) is 0 Å². The summed E-state index contributed by atoms with van der Waals surface area (Å²) in [4.78, 5) is 13.1. The SMILES string of the molecule is CCCCN(C)C(=O)CC(C)N. The fraction of sp³-hybridized carbons (Fsp3) is 0.889. The third kappa shape index (κ3) is 5.13. The highest BCUT2D eigenvalue weighted by molar-refractivity contribution is 5.76. The van der Waals surface area contributed by atoms with Crippen LogP contribution >= 0.6 is 0 Å². The number of carbonyl (C=O) groups excluding carboxylic acids is 1. The van der Waals surface area contributed by atoms with Gasteiger partial charge in [0.2, 0.25) is 5.91 Å². The first-order chi connectivity index (χ1) is 5.57. The Morgan fingerprint density at radius 3 is 2.58 bits per heavy atom. The summed E-state index contributed by atoms with van der Waals surface area (Å²) < 4.78 is 0. The zero-order chi connectivity index (χ0) is 9.56. The minimum absolute atomic E-state index is 0.0263. The van der Waals surface area contributed by atoms with Crippen molar-refractivity contribution in [1.82, 2.24) is 4.90 Å². The molecule has 1 unspecified atom stereocenters. The molecule has 2 N–H and O–H groups in total. The second-order valence-corrected chi connectivity index (χ2v) is 3.35. The van der Waals surface area contributed by atoms with Crippen molar-refractivity contribution < 1.29 is 4.79 Å². The second-order valence-electron chi connectivity index (χ2n) is 3.35. The molecule has 3 nitrogen and oxygen atoms in total. The Balaban J connectivity index is 3.61. The highest BCUT2D eigenvalue weighted by Gasteiger charge is 2.09. The van der Waals surface area contributed by atoms with E-state index in [0.717, 1.165) is 19.4 Å². The molecule has 0 bridgehead atoms. The lowest BCUT2D eigenvalue weighted by atomic mass is 10.2. The molecule has 12 heavy (non-hydrogen) atoms. The van der Waals surface area contributed by atoms with Crippen LogP contribution in [0.5, 0.6) is 0 Å². The van der Waals surface area contributed by atoms with E-state index in [9.17, 15) is 4.79 Å². The van der Waals surface area contributed by atoms with Crippen LogP contribution in [-0.4, -0.2) is 30.4 Å². The number of hydrogen-bond acceptors (Lipinski definition) is 2. The molecule has 72 valence electrons. The second kappa shape index (κ2) is 6.00. The summed E-state index contributed by atoms with van der Waals surface area (Å²) in [7, 11) is 1.83. The molecule has 0 aliphatic rings. The summed E-state index contributed by atoms with van der Waals surface area (Å²) in [5.74, 6) is 0.151. The standard InChI is InChI=1S/C9H20N2O/c1-4-5-6-11(3)9(12)7-8(2)10/h8H,4-7,10H2,1-3H3. The van der Waals surface area contributed by atoms with Gasteiger partial charge >= 0.3 is 0 Å². The maximum atomic E-state index is 11.3. The minimum atomic E-state index is -0.0263. The third-order valence-electron chi connectivity index (χ3n) is 1.77. The van der Waals surface area contributed by atoms with E-state index in [-0.39, 0.29) is 11.9 Å². The van der Waals surface area contributed by atoms with Gasteiger partial charge in [-0.3, -0.25) is 4.79 Å². The quantitative estimate of drug-likeness (QED) is 0.672. The molecule has 0 fully saturated rings. The normalized spacial score (nSPS) is 12.7. The van der Waals surface area contributed by atoms with Gasteiger partial charge in [-0.2, -0.15) is 0 Å². The number of unbranched alkanes of at least 4 members (excludes halogenated alkanes) is 1. The van der Waals surface area contributed by atoms with E-state index < -0.39 is 0 Å². The van der Waals surface area contributed by atoms with E-state index in [1.165, 1.54) is 0 Å². The van der Waals surface area contributed by atoms with E-state index in [0.29, 0.717) is 6.42 Å². The van der Waals surface area contributed by atoms with Crippen molar-refractivity contribution in [2.45, 2.75) is 39.2 Å². The molecule has 1 amide bonds. The highest BCUT2D eigenvalue weighted by atomic mass is 16.2. The fourth-order valence-corrected chi connectivity index (χ4v) is 0.951. The van der Waals surface area contributed by atoms with Gasteiger partial charge < -0.3 is 10.6 Å². The lowest BCUT2D eigenvalue weighted by Crippen LogP contribution is -2.32. The minimum Gasteiger partial charge on any atom is -0.346 e. The lowest BCUT2D eigenvalue weighted by Gasteiger charge is -2.17. The van der Waals surface area contributed by atoms with Crippen LogP contribution in [0.15, 0.2) is 0 Å². The first-order valence-corrected chi connectivity index (χ1v) is 4.57. The van der Waals surface area contributed by atoms with Gasteiger partial charge in [0, 0.05) is 26.1 Å². The molecular formula is C9H20N2O. The van der Waals surface area contributed by atoms with Crippen LogP contribution in [0.3, 0.4) is 0 Å². The van der Waals surface area contributed by atoms with Gasteiger partial charge in [-0.05, 0) is 13.3 Å². The molecule has 0 spiro atoms. The zero-order valence-electron chi connectivity index (χ0n) is 8.34. The highest BCUT2D eigenvalue weighted by Crippen LogP contribution is 1.97. The van der Waals surface area contributed by atoms with Crippen molar-refractivity contribution >= 4 is 5.91 Å². The average molecular weight is 172 g/mol. The molecule has 0 radical (unpaired) electrons. The predicted octanol–water partition coefficient (Wildman–Crippen LogP) is 0.982. The number of carbonyl (C=O) groups is 1. The summed E-state index contributed by atoms with van der Waals surface area (Å²) in [5, 5.41) is 0. The number of nitrogens with zero attached hydrogens (tertiary/aromatic N) is 1. The largest absolute Gasteiger partial charge is 0.346 e. The first-order valence-electron chi connectivity index (χ1n) is 4.57. The van der Waals surface area contributed by atoms with E-state index >= 15 is 0 Å². The Labute approximate surface area is 74.9 Å².